The van der Waals surface area contributed by atoms with Crippen molar-refractivity contribution in [3.8, 4) is 0 Å². The van der Waals surface area contributed by atoms with Crippen molar-refractivity contribution in [3.63, 3.8) is 0 Å². The molecule has 0 aromatic heterocycles. The second-order valence-corrected chi connectivity index (χ2v) is 5.62. The van der Waals surface area contributed by atoms with Gasteiger partial charge in [-0.2, -0.15) is 0 Å². The van der Waals surface area contributed by atoms with Gasteiger partial charge in [-0.3, -0.25) is 4.79 Å². The second-order valence-electron chi connectivity index (χ2n) is 4.78. The molecule has 7 heteroatoms. The van der Waals surface area contributed by atoms with Crippen LogP contribution in [0, 0.1) is 0 Å². The first kappa shape index (κ1) is 18.5. The quantitative estimate of drug-likeness (QED) is 0.827. The van der Waals surface area contributed by atoms with Gasteiger partial charge < -0.3 is 15.4 Å². The molecule has 1 aromatic carbocycles. The SMILES string of the molecule is Cl.O=C(CNCC1CCCO1)NCc1ccc(Cl)cc1Cl. The summed E-state index contributed by atoms with van der Waals surface area (Å²) in [4.78, 5) is 11.7. The van der Waals surface area contributed by atoms with Crippen molar-refractivity contribution in [2.24, 2.45) is 0 Å². The third kappa shape index (κ3) is 6.41. The zero-order valence-electron chi connectivity index (χ0n) is 11.5. The van der Waals surface area contributed by atoms with Gasteiger partial charge in [0.15, 0.2) is 0 Å². The minimum atomic E-state index is -0.0611. The maximum atomic E-state index is 11.7. The Morgan fingerprint density at radius 2 is 2.19 bits per heavy atom. The third-order valence-corrected chi connectivity index (χ3v) is 3.76. The van der Waals surface area contributed by atoms with Crippen LogP contribution in [0.2, 0.25) is 10.0 Å². The molecule has 2 N–H and O–H groups in total. The minimum Gasteiger partial charge on any atom is -0.377 e. The Labute approximate surface area is 140 Å². The molecule has 1 unspecified atom stereocenters. The van der Waals surface area contributed by atoms with Gasteiger partial charge in [0.05, 0.1) is 12.6 Å². The highest BCUT2D eigenvalue weighted by molar-refractivity contribution is 6.35. The van der Waals surface area contributed by atoms with Crippen LogP contribution in [-0.4, -0.2) is 31.7 Å². The first-order chi connectivity index (χ1) is 9.65. The van der Waals surface area contributed by atoms with Crippen LogP contribution >= 0.6 is 35.6 Å². The summed E-state index contributed by atoms with van der Waals surface area (Å²) in [6.07, 6.45) is 2.41. The number of hydrogen-bond acceptors (Lipinski definition) is 3. The highest BCUT2D eigenvalue weighted by Crippen LogP contribution is 2.20. The molecule has 2 rings (SSSR count). The number of amides is 1. The Balaban J connectivity index is 0.00000220. The average molecular weight is 354 g/mol. The van der Waals surface area contributed by atoms with Crippen molar-refractivity contribution in [2.45, 2.75) is 25.5 Å². The van der Waals surface area contributed by atoms with Crippen LogP contribution < -0.4 is 10.6 Å². The molecular weight excluding hydrogens is 335 g/mol. The normalized spacial score (nSPS) is 17.3. The molecule has 1 aliphatic rings. The maximum absolute atomic E-state index is 11.7. The summed E-state index contributed by atoms with van der Waals surface area (Å²) in [6, 6.07) is 5.23. The number of ether oxygens (including phenoxy) is 1. The van der Waals surface area contributed by atoms with Gasteiger partial charge in [-0.1, -0.05) is 29.3 Å². The molecule has 1 aromatic rings. The Morgan fingerprint density at radius 3 is 2.86 bits per heavy atom. The van der Waals surface area contributed by atoms with Gasteiger partial charge in [-0.25, -0.2) is 0 Å². The summed E-state index contributed by atoms with van der Waals surface area (Å²) in [6.45, 7) is 2.23. The zero-order valence-corrected chi connectivity index (χ0v) is 13.9. The lowest BCUT2D eigenvalue weighted by Gasteiger charge is -2.11. The Kier molecular flexibility index (Phi) is 8.37. The van der Waals surface area contributed by atoms with E-state index in [9.17, 15) is 4.79 Å². The van der Waals surface area contributed by atoms with Crippen LogP contribution in [0.3, 0.4) is 0 Å². The molecule has 0 aliphatic carbocycles. The van der Waals surface area contributed by atoms with E-state index in [0.29, 0.717) is 16.6 Å². The molecule has 4 nitrogen and oxygen atoms in total. The first-order valence-corrected chi connectivity index (χ1v) is 7.43. The highest BCUT2D eigenvalue weighted by atomic mass is 35.5. The van der Waals surface area contributed by atoms with E-state index in [1.54, 1.807) is 12.1 Å². The minimum absolute atomic E-state index is 0. The Morgan fingerprint density at radius 1 is 1.38 bits per heavy atom. The first-order valence-electron chi connectivity index (χ1n) is 6.68. The number of benzene rings is 1. The summed E-state index contributed by atoms with van der Waals surface area (Å²) >= 11 is 11.9. The summed E-state index contributed by atoms with van der Waals surface area (Å²) in [7, 11) is 0. The van der Waals surface area contributed by atoms with Crippen molar-refractivity contribution in [3.05, 3.63) is 33.8 Å². The van der Waals surface area contributed by atoms with E-state index in [4.69, 9.17) is 27.9 Å². The Hall–Kier alpha value is -0.520. The largest absolute Gasteiger partial charge is 0.377 e. The lowest BCUT2D eigenvalue weighted by Crippen LogP contribution is -2.36. The summed E-state index contributed by atoms with van der Waals surface area (Å²) in [5.41, 5.74) is 0.851. The Bertz CT molecular complexity index is 466. The van der Waals surface area contributed by atoms with Crippen molar-refractivity contribution in [1.82, 2.24) is 10.6 Å². The van der Waals surface area contributed by atoms with Crippen LogP contribution in [0.4, 0.5) is 0 Å². The molecule has 21 heavy (non-hydrogen) atoms. The van der Waals surface area contributed by atoms with Gasteiger partial charge in [-0.05, 0) is 30.5 Å². The molecule has 1 fully saturated rings. The summed E-state index contributed by atoms with van der Waals surface area (Å²) < 4.78 is 5.47. The molecule has 1 amide bonds. The van der Waals surface area contributed by atoms with E-state index in [1.807, 2.05) is 6.07 Å². The molecule has 1 saturated heterocycles. The zero-order chi connectivity index (χ0) is 14.4. The highest BCUT2D eigenvalue weighted by Gasteiger charge is 2.15. The van der Waals surface area contributed by atoms with E-state index >= 15 is 0 Å². The van der Waals surface area contributed by atoms with E-state index in [-0.39, 0.29) is 31.0 Å². The fourth-order valence-corrected chi connectivity index (χ4v) is 2.55. The number of carbonyl (C=O) groups is 1. The van der Waals surface area contributed by atoms with Crippen LogP contribution in [-0.2, 0) is 16.1 Å². The predicted octanol–water partition coefficient (Wildman–Crippen LogP) is 2.80. The van der Waals surface area contributed by atoms with Crippen LogP contribution in [0.1, 0.15) is 18.4 Å². The van der Waals surface area contributed by atoms with Crippen LogP contribution in [0.5, 0.6) is 0 Å². The monoisotopic (exact) mass is 352 g/mol. The van der Waals surface area contributed by atoms with Crippen molar-refractivity contribution >= 4 is 41.5 Å². The van der Waals surface area contributed by atoms with Gasteiger partial charge >= 0.3 is 0 Å². The second kappa shape index (κ2) is 9.49. The molecule has 0 spiro atoms. The van der Waals surface area contributed by atoms with Gasteiger partial charge in [0.25, 0.3) is 0 Å². The number of rotatable bonds is 6. The smallest absolute Gasteiger partial charge is 0.234 e. The maximum Gasteiger partial charge on any atom is 0.234 e. The van der Waals surface area contributed by atoms with E-state index < -0.39 is 0 Å². The van der Waals surface area contributed by atoms with Crippen molar-refractivity contribution in [1.29, 1.82) is 0 Å². The van der Waals surface area contributed by atoms with Crippen LogP contribution in [0.25, 0.3) is 0 Å². The van der Waals surface area contributed by atoms with Crippen molar-refractivity contribution < 1.29 is 9.53 Å². The molecule has 0 radical (unpaired) electrons. The van der Waals surface area contributed by atoms with Gasteiger partial charge in [-0.15, -0.1) is 12.4 Å². The van der Waals surface area contributed by atoms with E-state index in [2.05, 4.69) is 10.6 Å². The van der Waals surface area contributed by atoms with Gasteiger partial charge in [0.1, 0.15) is 0 Å². The van der Waals surface area contributed by atoms with E-state index in [0.717, 1.165) is 31.6 Å². The average Bonchev–Trinajstić information content (AvgIpc) is 2.91. The lowest BCUT2D eigenvalue weighted by molar-refractivity contribution is -0.120. The number of hydrogen-bond donors (Lipinski definition) is 2. The standard InChI is InChI=1S/C14H18Cl2N2O2.ClH/c15-11-4-3-10(13(16)6-11)7-18-14(19)9-17-8-12-2-1-5-20-12;/h3-4,6,12,17H,1-2,5,7-9H2,(H,18,19);1H. The number of nitrogens with one attached hydrogen (secondary N) is 2. The molecule has 1 heterocycles. The molecule has 1 aliphatic heterocycles. The van der Waals surface area contributed by atoms with Crippen molar-refractivity contribution in [2.75, 3.05) is 19.7 Å². The summed E-state index contributed by atoms with van der Waals surface area (Å²) in [5.74, 6) is -0.0611. The molecule has 0 bridgehead atoms. The van der Waals surface area contributed by atoms with Gasteiger partial charge in [0.2, 0.25) is 5.91 Å². The fourth-order valence-electron chi connectivity index (χ4n) is 2.07. The molecular formula is C14H19Cl3N2O2. The lowest BCUT2D eigenvalue weighted by atomic mass is 10.2. The third-order valence-electron chi connectivity index (χ3n) is 3.17. The summed E-state index contributed by atoms with van der Waals surface area (Å²) in [5, 5.41) is 7.06. The number of carbonyl (C=O) groups excluding carboxylic acids is 1. The fraction of sp³-hybridized carbons (Fsp3) is 0.500. The number of halogens is 3. The van der Waals surface area contributed by atoms with Gasteiger partial charge in [0, 0.05) is 29.7 Å². The topological polar surface area (TPSA) is 50.4 Å². The molecule has 118 valence electrons. The predicted molar refractivity (Wildman–Crippen MR) is 87.4 cm³/mol. The van der Waals surface area contributed by atoms with E-state index in [1.165, 1.54) is 0 Å². The molecule has 0 saturated carbocycles. The van der Waals surface area contributed by atoms with Crippen LogP contribution in [0.15, 0.2) is 18.2 Å². The molecule has 1 atom stereocenters.